The van der Waals surface area contributed by atoms with Gasteiger partial charge in [0.2, 0.25) is 0 Å². The summed E-state index contributed by atoms with van der Waals surface area (Å²) in [6, 6.07) is 8.55. The van der Waals surface area contributed by atoms with E-state index in [0.29, 0.717) is 24.0 Å². The highest BCUT2D eigenvalue weighted by Crippen LogP contribution is 2.24. The van der Waals surface area contributed by atoms with Crippen molar-refractivity contribution in [2.24, 2.45) is 0 Å². The van der Waals surface area contributed by atoms with E-state index in [1.54, 1.807) is 0 Å². The fraction of sp³-hybridized carbons (Fsp3) is 0.412. The van der Waals surface area contributed by atoms with E-state index >= 15 is 0 Å². The maximum Gasteiger partial charge on any atom is 0.258 e. The van der Waals surface area contributed by atoms with Gasteiger partial charge in [0.15, 0.2) is 4.77 Å². The van der Waals surface area contributed by atoms with E-state index in [1.165, 1.54) is 5.56 Å². The minimum absolute atomic E-state index is 0.103. The third-order valence-electron chi connectivity index (χ3n) is 4.52. The number of aryl methyl sites for hydroxylation is 1. The number of hydrogen-bond donors (Lipinski definition) is 2. The third kappa shape index (κ3) is 2.96. The zero-order chi connectivity index (χ0) is 16.6. The van der Waals surface area contributed by atoms with Crippen LogP contribution in [0.25, 0.3) is 5.69 Å². The summed E-state index contributed by atoms with van der Waals surface area (Å²) in [6.07, 6.45) is 1.05. The highest BCUT2D eigenvalue weighted by Gasteiger charge is 2.24. The number of H-pyrrole nitrogens is 1. The molecule has 1 atom stereocenters. The molecular formula is C17H22N4OS. The van der Waals surface area contributed by atoms with Gasteiger partial charge >= 0.3 is 0 Å². The summed E-state index contributed by atoms with van der Waals surface area (Å²) in [5, 5.41) is 3.39. The van der Waals surface area contributed by atoms with Crippen LogP contribution in [0, 0.1) is 11.7 Å². The zero-order valence-electron chi connectivity index (χ0n) is 13.7. The molecule has 0 bridgehead atoms. The summed E-state index contributed by atoms with van der Waals surface area (Å²) in [6.45, 7) is 7.73. The van der Waals surface area contributed by atoms with Crippen molar-refractivity contribution in [1.82, 2.24) is 14.5 Å². The second-order valence-electron chi connectivity index (χ2n) is 6.10. The Morgan fingerprint density at radius 2 is 2.00 bits per heavy atom. The normalized spacial score (nSPS) is 15.8. The predicted molar refractivity (Wildman–Crippen MR) is 95.7 cm³/mol. The minimum Gasteiger partial charge on any atom is -0.358 e. The molecule has 1 aromatic carbocycles. The molecule has 122 valence electrons. The Balaban J connectivity index is 2.12. The van der Waals surface area contributed by atoms with Crippen LogP contribution in [0.4, 0.5) is 5.82 Å². The van der Waals surface area contributed by atoms with Gasteiger partial charge in [-0.1, -0.05) is 24.6 Å². The number of anilines is 1. The smallest absolute Gasteiger partial charge is 0.258 e. The fourth-order valence-electron chi connectivity index (χ4n) is 2.85. The molecule has 6 heteroatoms. The summed E-state index contributed by atoms with van der Waals surface area (Å²) in [4.78, 5) is 17.5. The average Bonchev–Trinajstić information content (AvgIpc) is 2.55. The number of aromatic amines is 1. The first-order valence-electron chi connectivity index (χ1n) is 7.94. The lowest BCUT2D eigenvalue weighted by Gasteiger charge is -2.34. The molecule has 1 aromatic heterocycles. The van der Waals surface area contributed by atoms with Gasteiger partial charge in [-0.15, -0.1) is 0 Å². The largest absolute Gasteiger partial charge is 0.358 e. The van der Waals surface area contributed by atoms with Crippen molar-refractivity contribution >= 4 is 18.0 Å². The van der Waals surface area contributed by atoms with Crippen molar-refractivity contribution in [3.05, 3.63) is 50.5 Å². The molecule has 3 rings (SSSR count). The van der Waals surface area contributed by atoms with Crippen molar-refractivity contribution in [1.29, 1.82) is 0 Å². The summed E-state index contributed by atoms with van der Waals surface area (Å²) < 4.78 is 2.33. The Hall–Kier alpha value is -1.92. The monoisotopic (exact) mass is 330 g/mol. The number of aromatic nitrogens is 2. The highest BCUT2D eigenvalue weighted by molar-refractivity contribution is 7.71. The second-order valence-corrected chi connectivity index (χ2v) is 6.48. The molecule has 0 spiro atoms. The maximum atomic E-state index is 12.4. The van der Waals surface area contributed by atoms with Crippen LogP contribution in [-0.4, -0.2) is 27.2 Å². The first-order chi connectivity index (χ1) is 11.0. The first-order valence-corrected chi connectivity index (χ1v) is 8.35. The number of benzene rings is 1. The van der Waals surface area contributed by atoms with Gasteiger partial charge in [0.1, 0.15) is 5.82 Å². The number of fused-ring (bicyclic) bond motifs is 1. The van der Waals surface area contributed by atoms with E-state index in [0.717, 1.165) is 23.5 Å². The van der Waals surface area contributed by atoms with Crippen molar-refractivity contribution in [2.45, 2.75) is 39.8 Å². The van der Waals surface area contributed by atoms with Gasteiger partial charge in [-0.25, -0.2) is 0 Å². The van der Waals surface area contributed by atoms with E-state index in [4.69, 9.17) is 12.2 Å². The van der Waals surface area contributed by atoms with Crippen molar-refractivity contribution < 1.29 is 0 Å². The molecule has 0 radical (unpaired) electrons. The van der Waals surface area contributed by atoms with Crippen LogP contribution < -0.4 is 10.9 Å². The lowest BCUT2D eigenvalue weighted by molar-refractivity contribution is 0.200. The SMILES string of the molecule is CC[C@@H](C)N1CNc2c(c(=O)[nH]c(=S)n2-c2ccc(C)cc2)C1. The van der Waals surface area contributed by atoms with Crippen LogP contribution in [-0.2, 0) is 6.54 Å². The predicted octanol–water partition coefficient (Wildman–Crippen LogP) is 3.19. The summed E-state index contributed by atoms with van der Waals surface area (Å²) >= 11 is 5.40. The van der Waals surface area contributed by atoms with Crippen LogP contribution in [0.2, 0.25) is 0 Å². The molecule has 0 amide bonds. The van der Waals surface area contributed by atoms with E-state index < -0.39 is 0 Å². The minimum atomic E-state index is -0.103. The molecular weight excluding hydrogens is 308 g/mol. The van der Waals surface area contributed by atoms with Gasteiger partial charge in [-0.2, -0.15) is 0 Å². The lowest BCUT2D eigenvalue weighted by atomic mass is 10.1. The van der Waals surface area contributed by atoms with E-state index in [9.17, 15) is 4.79 Å². The van der Waals surface area contributed by atoms with Crippen molar-refractivity contribution in [3.63, 3.8) is 0 Å². The highest BCUT2D eigenvalue weighted by atomic mass is 32.1. The van der Waals surface area contributed by atoms with Crippen LogP contribution in [0.5, 0.6) is 0 Å². The first kappa shape index (κ1) is 16.0. The molecule has 0 aliphatic carbocycles. The maximum absolute atomic E-state index is 12.4. The van der Waals surface area contributed by atoms with Gasteiger partial charge in [-0.05, 0) is 44.6 Å². The van der Waals surface area contributed by atoms with E-state index in [1.807, 2.05) is 35.8 Å². The summed E-state index contributed by atoms with van der Waals surface area (Å²) in [5.41, 5.74) is 2.78. The third-order valence-corrected chi connectivity index (χ3v) is 4.81. The fourth-order valence-corrected chi connectivity index (χ4v) is 3.14. The Kier molecular flexibility index (Phi) is 4.37. The van der Waals surface area contributed by atoms with Gasteiger partial charge in [0.05, 0.1) is 12.2 Å². The second kappa shape index (κ2) is 6.29. The molecule has 0 saturated carbocycles. The molecule has 2 heterocycles. The standard InChI is InChI=1S/C17H22N4OS/c1-4-12(3)20-9-14-15(18-10-20)21(17(23)19-16(14)22)13-7-5-11(2)6-8-13/h5-8,12,18H,4,9-10H2,1-3H3,(H,19,22,23)/t12-/m1/s1. The van der Waals surface area contributed by atoms with Crippen molar-refractivity contribution in [2.75, 3.05) is 12.0 Å². The van der Waals surface area contributed by atoms with Crippen LogP contribution in [0.1, 0.15) is 31.4 Å². The topological polar surface area (TPSA) is 53.1 Å². The Morgan fingerprint density at radius 3 is 2.65 bits per heavy atom. The van der Waals surface area contributed by atoms with Crippen molar-refractivity contribution in [3.8, 4) is 5.69 Å². The van der Waals surface area contributed by atoms with Crippen LogP contribution >= 0.6 is 12.2 Å². The Labute approximate surface area is 141 Å². The van der Waals surface area contributed by atoms with Crippen LogP contribution in [0.15, 0.2) is 29.1 Å². The molecule has 1 aliphatic heterocycles. The number of rotatable bonds is 3. The molecule has 2 N–H and O–H groups in total. The Bertz CT molecular complexity index is 822. The van der Waals surface area contributed by atoms with Gasteiger partial charge in [0.25, 0.3) is 5.56 Å². The van der Waals surface area contributed by atoms with Crippen LogP contribution in [0.3, 0.4) is 0 Å². The molecule has 5 nitrogen and oxygen atoms in total. The van der Waals surface area contributed by atoms with Gasteiger partial charge < -0.3 is 5.32 Å². The summed E-state index contributed by atoms with van der Waals surface area (Å²) in [7, 11) is 0. The van der Waals surface area contributed by atoms with E-state index in [-0.39, 0.29) is 5.56 Å². The number of nitrogens with one attached hydrogen (secondary N) is 2. The zero-order valence-corrected chi connectivity index (χ0v) is 14.5. The quantitative estimate of drug-likeness (QED) is 0.849. The van der Waals surface area contributed by atoms with E-state index in [2.05, 4.69) is 29.0 Å². The van der Waals surface area contributed by atoms with Gasteiger partial charge in [-0.3, -0.25) is 19.2 Å². The molecule has 2 aromatic rings. The lowest BCUT2D eigenvalue weighted by Crippen LogP contribution is -2.43. The molecule has 0 fully saturated rings. The number of hydrogen-bond acceptors (Lipinski definition) is 4. The molecule has 0 saturated heterocycles. The average molecular weight is 330 g/mol. The summed E-state index contributed by atoms with van der Waals surface area (Å²) in [5.74, 6) is 0.808. The Morgan fingerprint density at radius 1 is 1.30 bits per heavy atom. The molecule has 23 heavy (non-hydrogen) atoms. The number of nitrogens with zero attached hydrogens (tertiary/aromatic N) is 2. The molecule has 1 aliphatic rings. The molecule has 0 unspecified atom stereocenters. The van der Waals surface area contributed by atoms with Gasteiger partial charge in [0, 0.05) is 18.3 Å².